The second-order valence-electron chi connectivity index (χ2n) is 8.26. The molecule has 3 aliphatic rings. The van der Waals surface area contributed by atoms with Crippen LogP contribution >= 0.6 is 0 Å². The molecule has 2 bridgehead atoms. The molecule has 0 unspecified atom stereocenters. The van der Waals surface area contributed by atoms with E-state index in [2.05, 4.69) is 20.4 Å². The average Bonchev–Trinajstić information content (AvgIpc) is 3.26. The van der Waals surface area contributed by atoms with E-state index in [0.717, 1.165) is 26.1 Å². The average molecular weight is 390 g/mol. The third kappa shape index (κ3) is 3.93. The number of aromatic nitrogens is 2. The van der Waals surface area contributed by atoms with Crippen LogP contribution < -0.4 is 5.32 Å². The number of nitrogens with one attached hydrogen (secondary N) is 2. The summed E-state index contributed by atoms with van der Waals surface area (Å²) in [5.41, 5.74) is 0.627. The summed E-state index contributed by atoms with van der Waals surface area (Å²) in [5.74, 6) is 0.910. The minimum atomic E-state index is -0.0559. The summed E-state index contributed by atoms with van der Waals surface area (Å²) in [6.07, 6.45) is 8.07. The maximum Gasteiger partial charge on any atom is 0.257 e. The minimum Gasteiger partial charge on any atom is -0.372 e. The Morgan fingerprint density at radius 1 is 1.32 bits per heavy atom. The second-order valence-corrected chi connectivity index (χ2v) is 8.26. The Kier molecular flexibility index (Phi) is 5.96. The molecule has 2 N–H and O–H groups in total. The van der Waals surface area contributed by atoms with Crippen molar-refractivity contribution in [3.05, 3.63) is 18.0 Å². The highest BCUT2D eigenvalue weighted by Gasteiger charge is 2.47. The molecule has 2 amide bonds. The minimum absolute atomic E-state index is 0.0559. The molecule has 0 spiro atoms. The second kappa shape index (κ2) is 8.61. The lowest BCUT2D eigenvalue weighted by Gasteiger charge is -2.56. The van der Waals surface area contributed by atoms with Crippen LogP contribution in [0.15, 0.2) is 12.4 Å². The molecule has 3 saturated heterocycles. The zero-order chi connectivity index (χ0) is 19.5. The first kappa shape index (κ1) is 19.4. The van der Waals surface area contributed by atoms with Gasteiger partial charge in [-0.1, -0.05) is 6.42 Å². The molecule has 1 aromatic heterocycles. The summed E-state index contributed by atoms with van der Waals surface area (Å²) in [6.45, 7) is 5.85. The van der Waals surface area contributed by atoms with Gasteiger partial charge in [0, 0.05) is 44.5 Å². The van der Waals surface area contributed by atoms with E-state index in [1.54, 1.807) is 12.4 Å². The number of hydrogen-bond donors (Lipinski definition) is 2. The summed E-state index contributed by atoms with van der Waals surface area (Å²) < 4.78 is 5.23. The van der Waals surface area contributed by atoms with Crippen LogP contribution in [0.2, 0.25) is 0 Å². The van der Waals surface area contributed by atoms with Crippen molar-refractivity contribution in [2.24, 2.45) is 11.8 Å². The van der Waals surface area contributed by atoms with Crippen molar-refractivity contribution in [3.63, 3.8) is 0 Å². The van der Waals surface area contributed by atoms with Crippen molar-refractivity contribution >= 4 is 11.8 Å². The zero-order valence-electron chi connectivity index (χ0n) is 16.6. The topological polar surface area (TPSA) is 90.6 Å². The number of aromatic amines is 1. The molecule has 3 fully saturated rings. The predicted molar refractivity (Wildman–Crippen MR) is 104 cm³/mol. The number of ether oxygens (including phenoxy) is 1. The van der Waals surface area contributed by atoms with E-state index in [1.165, 1.54) is 19.3 Å². The van der Waals surface area contributed by atoms with Gasteiger partial charge in [-0.2, -0.15) is 5.10 Å². The number of carbonyl (C=O) groups excluding carboxylic acids is 2. The van der Waals surface area contributed by atoms with Crippen molar-refractivity contribution in [2.75, 3.05) is 39.4 Å². The Bertz CT molecular complexity index is 679. The van der Waals surface area contributed by atoms with Crippen molar-refractivity contribution in [3.8, 4) is 0 Å². The third-order valence-electron chi connectivity index (χ3n) is 6.60. The van der Waals surface area contributed by atoms with Gasteiger partial charge in [0.1, 0.15) is 6.61 Å². The maximum absolute atomic E-state index is 12.9. The number of nitrogens with zero attached hydrogens (tertiary/aromatic N) is 3. The first-order chi connectivity index (χ1) is 13.7. The maximum atomic E-state index is 12.9. The van der Waals surface area contributed by atoms with Gasteiger partial charge in [-0.25, -0.2) is 0 Å². The van der Waals surface area contributed by atoms with Gasteiger partial charge in [0.15, 0.2) is 0 Å². The number of rotatable bonds is 6. The summed E-state index contributed by atoms with van der Waals surface area (Å²) in [6, 6.07) is 0.797. The van der Waals surface area contributed by atoms with Crippen LogP contribution in [-0.2, 0) is 9.53 Å². The Hall–Kier alpha value is -1.93. The molecule has 154 valence electrons. The van der Waals surface area contributed by atoms with E-state index in [1.807, 2.05) is 11.8 Å². The summed E-state index contributed by atoms with van der Waals surface area (Å²) in [4.78, 5) is 29.6. The predicted octanol–water partition coefficient (Wildman–Crippen LogP) is 0.877. The fourth-order valence-corrected chi connectivity index (χ4v) is 5.37. The van der Waals surface area contributed by atoms with Gasteiger partial charge in [-0.05, 0) is 44.6 Å². The Morgan fingerprint density at radius 3 is 2.96 bits per heavy atom. The molecule has 0 saturated carbocycles. The quantitative estimate of drug-likeness (QED) is 0.754. The normalized spacial score (nSPS) is 30.0. The third-order valence-corrected chi connectivity index (χ3v) is 6.60. The highest BCUT2D eigenvalue weighted by Crippen LogP contribution is 2.41. The molecule has 4 atom stereocenters. The van der Waals surface area contributed by atoms with Gasteiger partial charge in [-0.3, -0.25) is 19.6 Å². The Labute approximate surface area is 166 Å². The molecule has 8 heteroatoms. The Morgan fingerprint density at radius 2 is 2.18 bits per heavy atom. The first-order valence-electron chi connectivity index (χ1n) is 10.6. The van der Waals surface area contributed by atoms with Crippen molar-refractivity contribution in [2.45, 2.75) is 44.7 Å². The highest BCUT2D eigenvalue weighted by atomic mass is 16.5. The van der Waals surface area contributed by atoms with Crippen molar-refractivity contribution < 1.29 is 14.3 Å². The first-order valence-corrected chi connectivity index (χ1v) is 10.6. The van der Waals surface area contributed by atoms with E-state index in [0.29, 0.717) is 36.6 Å². The lowest BCUT2D eigenvalue weighted by Crippen LogP contribution is -2.66. The number of carbonyl (C=O) groups is 2. The summed E-state index contributed by atoms with van der Waals surface area (Å²) >= 11 is 0. The van der Waals surface area contributed by atoms with Crippen LogP contribution in [-0.4, -0.2) is 83.3 Å². The molecule has 4 rings (SSSR count). The molecular weight excluding hydrogens is 358 g/mol. The fraction of sp³-hybridized carbons (Fsp3) is 0.750. The zero-order valence-corrected chi connectivity index (χ0v) is 16.6. The number of amides is 2. The van der Waals surface area contributed by atoms with Gasteiger partial charge in [0.25, 0.3) is 5.91 Å². The summed E-state index contributed by atoms with van der Waals surface area (Å²) in [7, 11) is 0. The van der Waals surface area contributed by atoms with Gasteiger partial charge >= 0.3 is 0 Å². The molecule has 1 aromatic rings. The largest absolute Gasteiger partial charge is 0.372 e. The van der Waals surface area contributed by atoms with Gasteiger partial charge < -0.3 is 15.0 Å². The molecule has 0 aromatic carbocycles. The van der Waals surface area contributed by atoms with Crippen LogP contribution in [0.5, 0.6) is 0 Å². The van der Waals surface area contributed by atoms with E-state index in [9.17, 15) is 9.59 Å². The highest BCUT2D eigenvalue weighted by molar-refractivity contribution is 5.93. The van der Waals surface area contributed by atoms with Crippen LogP contribution in [0.3, 0.4) is 0 Å². The van der Waals surface area contributed by atoms with Gasteiger partial charge in [0.2, 0.25) is 5.91 Å². The molecule has 28 heavy (non-hydrogen) atoms. The molecule has 4 heterocycles. The lowest BCUT2D eigenvalue weighted by molar-refractivity contribution is -0.126. The molecule has 8 nitrogen and oxygen atoms in total. The van der Waals surface area contributed by atoms with Crippen LogP contribution in [0, 0.1) is 11.8 Å². The van der Waals surface area contributed by atoms with Gasteiger partial charge in [0.05, 0.1) is 11.8 Å². The number of piperidine rings is 3. The van der Waals surface area contributed by atoms with E-state index >= 15 is 0 Å². The van der Waals surface area contributed by atoms with Crippen LogP contribution in [0.4, 0.5) is 0 Å². The van der Waals surface area contributed by atoms with Gasteiger partial charge in [-0.15, -0.1) is 0 Å². The monoisotopic (exact) mass is 389 g/mol. The number of fused-ring (bicyclic) bond motifs is 4. The lowest BCUT2D eigenvalue weighted by atomic mass is 9.72. The molecular formula is C20H31N5O3. The smallest absolute Gasteiger partial charge is 0.257 e. The molecule has 3 aliphatic heterocycles. The fourth-order valence-electron chi connectivity index (χ4n) is 5.37. The van der Waals surface area contributed by atoms with E-state index in [-0.39, 0.29) is 24.5 Å². The van der Waals surface area contributed by atoms with E-state index < -0.39 is 0 Å². The van der Waals surface area contributed by atoms with E-state index in [4.69, 9.17) is 4.74 Å². The Balaban J connectivity index is 1.47. The van der Waals surface area contributed by atoms with Crippen LogP contribution in [0.25, 0.3) is 0 Å². The standard InChI is InChI=1S/C20H31N5O3/c1-2-28-13-19(26)21-10-18-15-7-14(17-5-3-4-6-25(17)18)11-24(12-15)20(27)16-8-22-23-9-16/h8-9,14-15,17-18H,2-7,10-13H2,1H3,(H,21,26)(H,22,23)/t14-,15+,17+,18+/m1/s1. The number of likely N-dealkylation sites (tertiary alicyclic amines) is 1. The molecule has 0 aliphatic carbocycles. The van der Waals surface area contributed by atoms with Crippen molar-refractivity contribution in [1.82, 2.24) is 25.3 Å². The summed E-state index contributed by atoms with van der Waals surface area (Å²) in [5, 5.41) is 9.73. The van der Waals surface area contributed by atoms with Crippen LogP contribution in [0.1, 0.15) is 43.0 Å². The SMILES string of the molecule is CCOCC(=O)NC[C@H]1[C@H]2C[C@H](CN(C(=O)c3cn[nH]c3)C2)[C@@H]2CCCCN21. The number of H-pyrrole nitrogens is 1. The van der Waals surface area contributed by atoms with Crippen molar-refractivity contribution in [1.29, 1.82) is 0 Å². The number of hydrogen-bond acceptors (Lipinski definition) is 5. The molecule has 0 radical (unpaired) electrons.